The van der Waals surface area contributed by atoms with Gasteiger partial charge in [0.2, 0.25) is 5.91 Å². The highest BCUT2D eigenvalue weighted by atomic mass is 32.2. The first-order valence-electron chi connectivity index (χ1n) is 9.87. The van der Waals surface area contributed by atoms with Crippen LogP contribution in [0.2, 0.25) is 0 Å². The normalized spacial score (nSPS) is 14.8. The number of carbonyl (C=O) groups is 3. The lowest BCUT2D eigenvalue weighted by Gasteiger charge is -2.14. The Kier molecular flexibility index (Phi) is 7.97. The number of benzene rings is 2. The molecule has 0 spiro atoms. The molecule has 1 saturated heterocycles. The molecule has 1 aliphatic rings. The zero-order chi connectivity index (χ0) is 22.2. The number of hydrogen-bond donors (Lipinski definition) is 2. The highest BCUT2D eigenvalue weighted by molar-refractivity contribution is 8.26. The monoisotopic (exact) mass is 454 g/mol. The number of anilines is 1. The predicted molar refractivity (Wildman–Crippen MR) is 127 cm³/mol. The molecule has 1 fully saturated rings. The van der Waals surface area contributed by atoms with Crippen molar-refractivity contribution in [2.45, 2.75) is 25.7 Å². The predicted octanol–water partition coefficient (Wildman–Crippen LogP) is 4.79. The summed E-state index contributed by atoms with van der Waals surface area (Å²) in [4.78, 5) is 37.8. The Hall–Kier alpha value is -2.97. The van der Waals surface area contributed by atoms with Gasteiger partial charge < -0.3 is 10.4 Å². The topological polar surface area (TPSA) is 86.7 Å². The summed E-state index contributed by atoms with van der Waals surface area (Å²) in [5.74, 6) is -1.20. The van der Waals surface area contributed by atoms with E-state index in [1.807, 2.05) is 36.4 Å². The third-order valence-electron chi connectivity index (χ3n) is 4.67. The smallest absolute Gasteiger partial charge is 0.335 e. The van der Waals surface area contributed by atoms with Gasteiger partial charge in [0, 0.05) is 18.7 Å². The van der Waals surface area contributed by atoms with Gasteiger partial charge in [0.05, 0.1) is 10.5 Å². The molecule has 8 heteroatoms. The van der Waals surface area contributed by atoms with Crippen LogP contribution in [0.25, 0.3) is 6.08 Å². The SMILES string of the molecule is O=C(CCCCCN1C(=O)/C(=C/c2ccccc2)SC1=S)Nc1ccc(C(=O)O)cc1. The number of amides is 2. The molecule has 31 heavy (non-hydrogen) atoms. The molecule has 0 aromatic heterocycles. The third kappa shape index (κ3) is 6.50. The van der Waals surface area contributed by atoms with Gasteiger partial charge in [-0.05, 0) is 48.7 Å². The molecule has 2 amide bonds. The van der Waals surface area contributed by atoms with Crippen molar-refractivity contribution in [2.24, 2.45) is 0 Å². The minimum Gasteiger partial charge on any atom is -0.478 e. The summed E-state index contributed by atoms with van der Waals surface area (Å²) in [6.07, 6.45) is 4.44. The van der Waals surface area contributed by atoms with E-state index in [1.54, 1.807) is 17.0 Å². The Morgan fingerprint density at radius 2 is 1.74 bits per heavy atom. The van der Waals surface area contributed by atoms with Gasteiger partial charge in [0.25, 0.3) is 5.91 Å². The molecule has 0 radical (unpaired) electrons. The Balaban J connectivity index is 1.39. The molecular weight excluding hydrogens is 432 g/mol. The van der Waals surface area contributed by atoms with E-state index in [9.17, 15) is 14.4 Å². The number of thiocarbonyl (C=S) groups is 1. The van der Waals surface area contributed by atoms with Gasteiger partial charge in [-0.15, -0.1) is 0 Å². The number of carboxylic acids is 1. The van der Waals surface area contributed by atoms with Crippen molar-refractivity contribution in [2.75, 3.05) is 11.9 Å². The average Bonchev–Trinajstić information content (AvgIpc) is 3.01. The minimum atomic E-state index is -1.00. The van der Waals surface area contributed by atoms with Gasteiger partial charge in [0.15, 0.2) is 0 Å². The molecule has 1 aliphatic heterocycles. The van der Waals surface area contributed by atoms with Crippen LogP contribution in [0, 0.1) is 0 Å². The molecule has 2 aromatic carbocycles. The molecule has 0 bridgehead atoms. The van der Waals surface area contributed by atoms with Crippen molar-refractivity contribution >= 4 is 57.8 Å². The zero-order valence-electron chi connectivity index (χ0n) is 16.7. The first-order valence-corrected chi connectivity index (χ1v) is 11.1. The number of rotatable bonds is 9. The van der Waals surface area contributed by atoms with Gasteiger partial charge in [-0.2, -0.15) is 0 Å². The van der Waals surface area contributed by atoms with E-state index in [4.69, 9.17) is 17.3 Å². The molecule has 0 aliphatic carbocycles. The fourth-order valence-corrected chi connectivity index (χ4v) is 4.35. The maximum atomic E-state index is 12.6. The number of thioether (sulfide) groups is 1. The van der Waals surface area contributed by atoms with E-state index >= 15 is 0 Å². The lowest BCUT2D eigenvalue weighted by molar-refractivity contribution is -0.122. The van der Waals surface area contributed by atoms with Crippen LogP contribution in [-0.4, -0.2) is 38.7 Å². The second-order valence-corrected chi connectivity index (χ2v) is 8.66. The fraction of sp³-hybridized carbons (Fsp3) is 0.217. The van der Waals surface area contributed by atoms with Crippen LogP contribution < -0.4 is 5.32 Å². The molecule has 2 aromatic rings. The van der Waals surface area contributed by atoms with E-state index in [-0.39, 0.29) is 17.4 Å². The van der Waals surface area contributed by atoms with Gasteiger partial charge >= 0.3 is 5.97 Å². The van der Waals surface area contributed by atoms with Gasteiger partial charge in [-0.25, -0.2) is 4.79 Å². The molecule has 0 atom stereocenters. The molecule has 160 valence electrons. The summed E-state index contributed by atoms with van der Waals surface area (Å²) >= 11 is 6.67. The van der Waals surface area contributed by atoms with Crippen molar-refractivity contribution in [3.63, 3.8) is 0 Å². The quantitative estimate of drug-likeness (QED) is 0.322. The lowest BCUT2D eigenvalue weighted by atomic mass is 10.1. The molecule has 3 rings (SSSR count). The molecule has 1 heterocycles. The number of carbonyl (C=O) groups excluding carboxylic acids is 2. The number of aromatic carboxylic acids is 1. The second-order valence-electron chi connectivity index (χ2n) is 6.99. The fourth-order valence-electron chi connectivity index (χ4n) is 3.05. The number of carboxylic acid groups (broad SMARTS) is 1. The molecule has 0 saturated carbocycles. The third-order valence-corrected chi connectivity index (χ3v) is 6.05. The van der Waals surface area contributed by atoms with E-state index in [2.05, 4.69) is 5.32 Å². The van der Waals surface area contributed by atoms with Gasteiger partial charge in [-0.3, -0.25) is 14.5 Å². The van der Waals surface area contributed by atoms with Crippen LogP contribution in [-0.2, 0) is 9.59 Å². The Bertz CT molecular complexity index is 1000. The van der Waals surface area contributed by atoms with Crippen LogP contribution in [0.5, 0.6) is 0 Å². The average molecular weight is 455 g/mol. The zero-order valence-corrected chi connectivity index (χ0v) is 18.4. The number of nitrogens with one attached hydrogen (secondary N) is 1. The largest absolute Gasteiger partial charge is 0.478 e. The molecule has 2 N–H and O–H groups in total. The van der Waals surface area contributed by atoms with Gasteiger partial charge in [-0.1, -0.05) is 60.7 Å². The number of hydrogen-bond acceptors (Lipinski definition) is 5. The maximum absolute atomic E-state index is 12.6. The van der Waals surface area contributed by atoms with Crippen molar-refractivity contribution in [3.05, 3.63) is 70.6 Å². The summed E-state index contributed by atoms with van der Waals surface area (Å²) in [7, 11) is 0. The summed E-state index contributed by atoms with van der Waals surface area (Å²) in [6.45, 7) is 0.537. The summed E-state index contributed by atoms with van der Waals surface area (Å²) in [5.41, 5.74) is 1.71. The minimum absolute atomic E-state index is 0.0681. The van der Waals surface area contributed by atoms with E-state index in [0.717, 1.165) is 18.4 Å². The van der Waals surface area contributed by atoms with Crippen molar-refractivity contribution in [3.8, 4) is 0 Å². The Morgan fingerprint density at radius 1 is 1.03 bits per heavy atom. The Labute approximate surface area is 190 Å². The molecular formula is C23H22N2O4S2. The molecule has 6 nitrogen and oxygen atoms in total. The summed E-state index contributed by atoms with van der Waals surface area (Å²) in [6, 6.07) is 15.7. The van der Waals surface area contributed by atoms with Crippen LogP contribution >= 0.6 is 24.0 Å². The van der Waals surface area contributed by atoms with E-state index in [0.29, 0.717) is 34.3 Å². The standard InChI is InChI=1S/C23H22N2O4S2/c26-20(24-18-12-10-17(11-13-18)22(28)29)9-5-2-6-14-25-21(27)19(31-23(25)30)15-16-7-3-1-4-8-16/h1,3-4,7-8,10-13,15H,2,5-6,9,14H2,(H,24,26)(H,28,29)/b19-15-. The van der Waals surface area contributed by atoms with E-state index in [1.165, 1.54) is 23.9 Å². The van der Waals surface area contributed by atoms with Gasteiger partial charge in [0.1, 0.15) is 4.32 Å². The lowest BCUT2D eigenvalue weighted by Crippen LogP contribution is -2.29. The first-order chi connectivity index (χ1) is 14.9. The second kappa shape index (κ2) is 10.9. The van der Waals surface area contributed by atoms with E-state index < -0.39 is 5.97 Å². The van der Waals surface area contributed by atoms with Crippen LogP contribution in [0.4, 0.5) is 5.69 Å². The van der Waals surface area contributed by atoms with Crippen molar-refractivity contribution in [1.29, 1.82) is 0 Å². The van der Waals surface area contributed by atoms with Crippen molar-refractivity contribution in [1.82, 2.24) is 4.90 Å². The summed E-state index contributed by atoms with van der Waals surface area (Å²) < 4.78 is 0.565. The summed E-state index contributed by atoms with van der Waals surface area (Å²) in [5, 5.41) is 11.6. The van der Waals surface area contributed by atoms with Crippen LogP contribution in [0.15, 0.2) is 59.5 Å². The Morgan fingerprint density at radius 3 is 2.42 bits per heavy atom. The maximum Gasteiger partial charge on any atom is 0.335 e. The highest BCUT2D eigenvalue weighted by Gasteiger charge is 2.31. The molecule has 0 unspecified atom stereocenters. The number of nitrogens with zero attached hydrogens (tertiary/aromatic N) is 1. The van der Waals surface area contributed by atoms with Crippen LogP contribution in [0.3, 0.4) is 0 Å². The highest BCUT2D eigenvalue weighted by Crippen LogP contribution is 2.32. The van der Waals surface area contributed by atoms with Crippen LogP contribution in [0.1, 0.15) is 41.6 Å². The first kappa shape index (κ1) is 22.7. The van der Waals surface area contributed by atoms with Crippen molar-refractivity contribution < 1.29 is 19.5 Å². The number of unbranched alkanes of at least 4 members (excludes halogenated alkanes) is 2.